The standard InChI is InChI=1S/C17H25N3O3/c1-13(21)20-14-6-5-7-15(12-14)23-11-10-19-16(22)17(18)8-3-2-4-9-17/h5-7,12H,2-4,8-11,18H2,1H3,(H,19,22)(H,20,21). The monoisotopic (exact) mass is 319 g/mol. The quantitative estimate of drug-likeness (QED) is 0.697. The normalized spacial score (nSPS) is 16.4. The first-order valence-corrected chi connectivity index (χ1v) is 8.07. The van der Waals surface area contributed by atoms with E-state index in [0.717, 1.165) is 32.1 Å². The van der Waals surface area contributed by atoms with Gasteiger partial charge in [-0.15, -0.1) is 0 Å². The molecule has 0 aliphatic heterocycles. The molecule has 1 saturated carbocycles. The summed E-state index contributed by atoms with van der Waals surface area (Å²) in [7, 11) is 0. The van der Waals surface area contributed by atoms with Crippen LogP contribution in [-0.4, -0.2) is 30.5 Å². The first-order valence-electron chi connectivity index (χ1n) is 8.07. The average Bonchev–Trinajstić information content (AvgIpc) is 2.52. The maximum atomic E-state index is 12.2. The molecule has 0 radical (unpaired) electrons. The van der Waals surface area contributed by atoms with Gasteiger partial charge >= 0.3 is 0 Å². The Morgan fingerprint density at radius 1 is 1.26 bits per heavy atom. The van der Waals surface area contributed by atoms with Crippen molar-refractivity contribution >= 4 is 17.5 Å². The van der Waals surface area contributed by atoms with Crippen LogP contribution in [0.15, 0.2) is 24.3 Å². The zero-order chi connectivity index (χ0) is 16.7. The van der Waals surface area contributed by atoms with Gasteiger partial charge in [-0.25, -0.2) is 0 Å². The molecule has 2 amide bonds. The van der Waals surface area contributed by atoms with Crippen LogP contribution in [0, 0.1) is 0 Å². The van der Waals surface area contributed by atoms with Gasteiger partial charge in [0.05, 0.1) is 12.1 Å². The van der Waals surface area contributed by atoms with Crippen molar-refractivity contribution in [3.8, 4) is 5.75 Å². The van der Waals surface area contributed by atoms with Crippen molar-refractivity contribution in [2.75, 3.05) is 18.5 Å². The van der Waals surface area contributed by atoms with E-state index in [1.807, 2.05) is 0 Å². The topological polar surface area (TPSA) is 93.5 Å². The largest absolute Gasteiger partial charge is 0.492 e. The van der Waals surface area contributed by atoms with Crippen LogP contribution in [-0.2, 0) is 9.59 Å². The van der Waals surface area contributed by atoms with Crippen molar-refractivity contribution in [1.82, 2.24) is 5.32 Å². The molecule has 0 atom stereocenters. The van der Waals surface area contributed by atoms with Gasteiger partial charge in [0.15, 0.2) is 0 Å². The van der Waals surface area contributed by atoms with E-state index in [1.165, 1.54) is 6.92 Å². The molecule has 1 aliphatic rings. The number of hydrogen-bond acceptors (Lipinski definition) is 4. The van der Waals surface area contributed by atoms with Crippen LogP contribution in [0.3, 0.4) is 0 Å². The first kappa shape index (κ1) is 17.3. The molecule has 0 unspecified atom stereocenters. The lowest BCUT2D eigenvalue weighted by Crippen LogP contribution is -2.55. The third-order valence-electron chi connectivity index (χ3n) is 4.01. The second-order valence-corrected chi connectivity index (χ2v) is 6.03. The summed E-state index contributed by atoms with van der Waals surface area (Å²) < 4.78 is 5.59. The molecular weight excluding hydrogens is 294 g/mol. The molecule has 0 bridgehead atoms. The predicted octanol–water partition coefficient (Wildman–Crippen LogP) is 1.80. The molecule has 0 aromatic heterocycles. The van der Waals surface area contributed by atoms with Gasteiger partial charge in [-0.3, -0.25) is 9.59 Å². The van der Waals surface area contributed by atoms with Crippen molar-refractivity contribution in [2.45, 2.75) is 44.6 Å². The van der Waals surface area contributed by atoms with Crippen LogP contribution < -0.4 is 21.1 Å². The Bertz CT molecular complexity index is 554. The van der Waals surface area contributed by atoms with E-state index in [-0.39, 0.29) is 11.8 Å². The molecule has 1 fully saturated rings. The molecule has 6 nitrogen and oxygen atoms in total. The number of amides is 2. The summed E-state index contributed by atoms with van der Waals surface area (Å²) in [6.07, 6.45) is 4.67. The van der Waals surface area contributed by atoms with Gasteiger partial charge in [-0.1, -0.05) is 25.3 Å². The summed E-state index contributed by atoms with van der Waals surface area (Å²) in [5, 5.41) is 5.55. The van der Waals surface area contributed by atoms with E-state index in [9.17, 15) is 9.59 Å². The highest BCUT2D eigenvalue weighted by atomic mass is 16.5. The van der Waals surface area contributed by atoms with Crippen molar-refractivity contribution < 1.29 is 14.3 Å². The molecule has 0 heterocycles. The Morgan fingerprint density at radius 3 is 2.70 bits per heavy atom. The van der Waals surface area contributed by atoms with Crippen molar-refractivity contribution in [3.63, 3.8) is 0 Å². The third kappa shape index (κ3) is 5.25. The molecule has 4 N–H and O–H groups in total. The van der Waals surface area contributed by atoms with Crippen LogP contribution in [0.25, 0.3) is 0 Å². The van der Waals surface area contributed by atoms with E-state index in [2.05, 4.69) is 10.6 Å². The number of hydrogen-bond donors (Lipinski definition) is 3. The number of carbonyl (C=O) groups excluding carboxylic acids is 2. The van der Waals surface area contributed by atoms with Crippen LogP contribution in [0.4, 0.5) is 5.69 Å². The predicted molar refractivity (Wildman–Crippen MR) is 89.3 cm³/mol. The number of carbonyl (C=O) groups is 2. The smallest absolute Gasteiger partial charge is 0.240 e. The Labute approximate surface area is 136 Å². The zero-order valence-corrected chi connectivity index (χ0v) is 13.6. The zero-order valence-electron chi connectivity index (χ0n) is 13.6. The molecule has 0 spiro atoms. The van der Waals surface area contributed by atoms with Crippen LogP contribution in [0.5, 0.6) is 5.75 Å². The number of benzene rings is 1. The van der Waals surface area contributed by atoms with Gasteiger partial charge in [0.1, 0.15) is 12.4 Å². The van der Waals surface area contributed by atoms with E-state index in [4.69, 9.17) is 10.5 Å². The minimum atomic E-state index is -0.719. The molecule has 1 aromatic carbocycles. The molecule has 2 rings (SSSR count). The van der Waals surface area contributed by atoms with Gasteiger partial charge in [-0.05, 0) is 25.0 Å². The Hall–Kier alpha value is -2.08. The lowest BCUT2D eigenvalue weighted by molar-refractivity contribution is -0.127. The average molecular weight is 319 g/mol. The molecule has 126 valence electrons. The fourth-order valence-corrected chi connectivity index (χ4v) is 2.79. The van der Waals surface area contributed by atoms with Crippen molar-refractivity contribution in [3.05, 3.63) is 24.3 Å². The van der Waals surface area contributed by atoms with Gasteiger partial charge < -0.3 is 21.1 Å². The van der Waals surface area contributed by atoms with Crippen LogP contribution in [0.1, 0.15) is 39.0 Å². The van der Waals surface area contributed by atoms with Gasteiger partial charge in [0.25, 0.3) is 0 Å². The van der Waals surface area contributed by atoms with Crippen LogP contribution >= 0.6 is 0 Å². The fourth-order valence-electron chi connectivity index (χ4n) is 2.79. The first-order chi connectivity index (χ1) is 11.0. The summed E-state index contributed by atoms with van der Waals surface area (Å²) in [4.78, 5) is 23.2. The minimum Gasteiger partial charge on any atom is -0.492 e. The number of anilines is 1. The highest BCUT2D eigenvalue weighted by molar-refractivity contribution is 5.88. The lowest BCUT2D eigenvalue weighted by Gasteiger charge is -2.31. The third-order valence-corrected chi connectivity index (χ3v) is 4.01. The van der Waals surface area contributed by atoms with Crippen LogP contribution in [0.2, 0.25) is 0 Å². The SMILES string of the molecule is CC(=O)Nc1cccc(OCCNC(=O)C2(N)CCCCC2)c1. The van der Waals surface area contributed by atoms with Gasteiger partial charge in [0, 0.05) is 18.7 Å². The number of nitrogens with one attached hydrogen (secondary N) is 2. The number of ether oxygens (including phenoxy) is 1. The second-order valence-electron chi connectivity index (χ2n) is 6.03. The van der Waals surface area contributed by atoms with Crippen molar-refractivity contribution in [2.24, 2.45) is 5.73 Å². The molecular formula is C17H25N3O3. The summed E-state index contributed by atoms with van der Waals surface area (Å²) >= 11 is 0. The highest BCUT2D eigenvalue weighted by Crippen LogP contribution is 2.25. The fraction of sp³-hybridized carbons (Fsp3) is 0.529. The van der Waals surface area contributed by atoms with E-state index >= 15 is 0 Å². The molecule has 1 aliphatic carbocycles. The number of rotatable bonds is 6. The summed E-state index contributed by atoms with van der Waals surface area (Å²) in [6.45, 7) is 2.21. The van der Waals surface area contributed by atoms with Gasteiger partial charge in [0.2, 0.25) is 11.8 Å². The molecule has 23 heavy (non-hydrogen) atoms. The Morgan fingerprint density at radius 2 is 2.00 bits per heavy atom. The molecule has 6 heteroatoms. The molecule has 0 saturated heterocycles. The Kier molecular flexibility index (Phi) is 5.98. The summed E-state index contributed by atoms with van der Waals surface area (Å²) in [6, 6.07) is 7.14. The lowest BCUT2D eigenvalue weighted by atomic mass is 9.82. The second kappa shape index (κ2) is 7.97. The minimum absolute atomic E-state index is 0.0900. The summed E-state index contributed by atoms with van der Waals surface area (Å²) in [5.41, 5.74) is 6.13. The van der Waals surface area contributed by atoms with E-state index < -0.39 is 5.54 Å². The van der Waals surface area contributed by atoms with Crippen molar-refractivity contribution in [1.29, 1.82) is 0 Å². The number of nitrogens with two attached hydrogens (primary N) is 1. The highest BCUT2D eigenvalue weighted by Gasteiger charge is 2.34. The van der Waals surface area contributed by atoms with Gasteiger partial charge in [-0.2, -0.15) is 0 Å². The summed E-state index contributed by atoms with van der Waals surface area (Å²) in [5.74, 6) is 0.425. The Balaban J connectivity index is 1.74. The maximum absolute atomic E-state index is 12.2. The molecule has 1 aromatic rings. The van der Waals surface area contributed by atoms with E-state index in [1.54, 1.807) is 24.3 Å². The van der Waals surface area contributed by atoms with E-state index in [0.29, 0.717) is 24.6 Å². The maximum Gasteiger partial charge on any atom is 0.240 e.